The summed E-state index contributed by atoms with van der Waals surface area (Å²) in [5.74, 6) is 0.617. The highest BCUT2D eigenvalue weighted by molar-refractivity contribution is 6.33. The van der Waals surface area contributed by atoms with Gasteiger partial charge in [0.1, 0.15) is 5.75 Å². The van der Waals surface area contributed by atoms with Crippen molar-refractivity contribution in [2.75, 3.05) is 38.2 Å². The Kier molecular flexibility index (Phi) is 8.47. The van der Waals surface area contributed by atoms with Gasteiger partial charge in [-0.3, -0.25) is 4.90 Å². The maximum absolute atomic E-state index is 13.4. The summed E-state index contributed by atoms with van der Waals surface area (Å²) >= 11 is 6.37. The zero-order valence-corrected chi connectivity index (χ0v) is 21.4. The summed E-state index contributed by atoms with van der Waals surface area (Å²) in [4.78, 5) is 4.37. The first-order valence-electron chi connectivity index (χ1n) is 12.1. The molecule has 1 aliphatic heterocycles. The lowest BCUT2D eigenvalue weighted by Gasteiger charge is -2.41. The van der Waals surface area contributed by atoms with E-state index in [2.05, 4.69) is 9.80 Å². The van der Waals surface area contributed by atoms with Crippen molar-refractivity contribution in [3.05, 3.63) is 94.0 Å². The van der Waals surface area contributed by atoms with Gasteiger partial charge in [0, 0.05) is 37.8 Å². The molecule has 1 heterocycles. The molecule has 204 valence electrons. The van der Waals surface area contributed by atoms with Gasteiger partial charge >= 0.3 is 12.4 Å². The molecule has 1 atom stereocenters. The normalized spacial score (nSPS) is 15.9. The number of aryl methyl sites for hydroxylation is 1. The van der Waals surface area contributed by atoms with Crippen LogP contribution in [0.2, 0.25) is 5.02 Å². The standard InChI is InChI=1S/C28H27ClF6N2O/c1-38-26-9-5-2-6-22(26)24(36-12-14-37(15-13-36)25-8-4-3-7-23(25)29)11-10-19-16-20(27(30,31)32)18-21(17-19)28(33,34)35/h2-9,16-18,24H,10-15H2,1H3. The molecule has 10 heteroatoms. The minimum Gasteiger partial charge on any atom is -0.496 e. The van der Waals surface area contributed by atoms with E-state index < -0.39 is 23.5 Å². The average molecular weight is 557 g/mol. The zero-order chi connectivity index (χ0) is 27.5. The van der Waals surface area contributed by atoms with E-state index >= 15 is 0 Å². The second kappa shape index (κ2) is 11.5. The third kappa shape index (κ3) is 6.56. The van der Waals surface area contributed by atoms with Gasteiger partial charge in [0.05, 0.1) is 28.9 Å². The number of ether oxygens (including phenoxy) is 1. The molecule has 3 nitrogen and oxygen atoms in total. The molecule has 4 rings (SSSR count). The Bertz CT molecular complexity index is 1210. The predicted molar refractivity (Wildman–Crippen MR) is 136 cm³/mol. The van der Waals surface area contributed by atoms with E-state index in [0.717, 1.165) is 23.4 Å². The van der Waals surface area contributed by atoms with E-state index in [4.69, 9.17) is 16.3 Å². The van der Waals surface area contributed by atoms with Gasteiger partial charge in [-0.15, -0.1) is 0 Å². The Balaban J connectivity index is 1.60. The van der Waals surface area contributed by atoms with Crippen molar-refractivity contribution in [2.45, 2.75) is 31.2 Å². The first kappa shape index (κ1) is 28.1. The number of alkyl halides is 6. The van der Waals surface area contributed by atoms with Crippen molar-refractivity contribution >= 4 is 17.3 Å². The fourth-order valence-corrected chi connectivity index (χ4v) is 5.18. The van der Waals surface area contributed by atoms with Gasteiger partial charge in [-0.1, -0.05) is 41.9 Å². The maximum Gasteiger partial charge on any atom is 0.416 e. The summed E-state index contributed by atoms with van der Waals surface area (Å²) in [6.45, 7) is 2.59. The fraction of sp³-hybridized carbons (Fsp3) is 0.357. The zero-order valence-electron chi connectivity index (χ0n) is 20.6. The van der Waals surface area contributed by atoms with E-state index in [0.29, 0.717) is 43.4 Å². The predicted octanol–water partition coefficient (Wildman–Crippen LogP) is 7.88. The van der Waals surface area contributed by atoms with Gasteiger partial charge in [-0.05, 0) is 54.8 Å². The van der Waals surface area contributed by atoms with Gasteiger partial charge in [-0.2, -0.15) is 26.3 Å². The van der Waals surface area contributed by atoms with Gasteiger partial charge in [0.15, 0.2) is 0 Å². The molecule has 3 aromatic carbocycles. The number of methoxy groups -OCH3 is 1. The number of hydrogen-bond donors (Lipinski definition) is 0. The lowest BCUT2D eigenvalue weighted by Crippen LogP contribution is -2.48. The van der Waals surface area contributed by atoms with Gasteiger partial charge in [0.2, 0.25) is 0 Å². The van der Waals surface area contributed by atoms with Gasteiger partial charge < -0.3 is 9.64 Å². The number of para-hydroxylation sites is 2. The number of halogens is 7. The SMILES string of the molecule is COc1ccccc1C(CCc1cc(C(F)(F)F)cc(C(F)(F)F)c1)N1CCN(c2ccccc2Cl)CC1. The molecular weight excluding hydrogens is 530 g/mol. The molecule has 0 aromatic heterocycles. The molecule has 38 heavy (non-hydrogen) atoms. The van der Waals surface area contributed by atoms with Crippen LogP contribution in [-0.2, 0) is 18.8 Å². The first-order valence-corrected chi connectivity index (χ1v) is 12.5. The fourth-order valence-electron chi connectivity index (χ4n) is 4.93. The van der Waals surface area contributed by atoms with Crippen molar-refractivity contribution in [1.82, 2.24) is 4.90 Å². The van der Waals surface area contributed by atoms with Crippen LogP contribution in [-0.4, -0.2) is 38.2 Å². The lowest BCUT2D eigenvalue weighted by molar-refractivity contribution is -0.143. The van der Waals surface area contributed by atoms with Crippen LogP contribution in [0.5, 0.6) is 5.75 Å². The van der Waals surface area contributed by atoms with Crippen LogP contribution in [0.3, 0.4) is 0 Å². The van der Waals surface area contributed by atoms with E-state index in [-0.39, 0.29) is 24.1 Å². The van der Waals surface area contributed by atoms with Crippen molar-refractivity contribution in [3.63, 3.8) is 0 Å². The molecular formula is C28H27ClF6N2O. The van der Waals surface area contributed by atoms with Crippen molar-refractivity contribution in [2.24, 2.45) is 0 Å². The largest absolute Gasteiger partial charge is 0.496 e. The van der Waals surface area contributed by atoms with E-state index in [9.17, 15) is 26.3 Å². The first-order chi connectivity index (χ1) is 18.0. The van der Waals surface area contributed by atoms with Crippen LogP contribution in [0.1, 0.15) is 34.7 Å². The topological polar surface area (TPSA) is 15.7 Å². The highest BCUT2D eigenvalue weighted by Crippen LogP contribution is 2.38. The Morgan fingerprint density at radius 1 is 0.816 bits per heavy atom. The number of hydrogen-bond acceptors (Lipinski definition) is 3. The number of nitrogens with zero attached hydrogens (tertiary/aromatic N) is 2. The van der Waals surface area contributed by atoms with Crippen LogP contribution in [0.25, 0.3) is 0 Å². The van der Waals surface area contributed by atoms with Crippen LogP contribution in [0.15, 0.2) is 66.7 Å². The lowest BCUT2D eigenvalue weighted by atomic mass is 9.94. The summed E-state index contributed by atoms with van der Waals surface area (Å²) < 4.78 is 85.9. The molecule has 0 bridgehead atoms. The Morgan fingerprint density at radius 2 is 1.39 bits per heavy atom. The minimum atomic E-state index is -4.88. The van der Waals surface area contributed by atoms with Crippen molar-refractivity contribution < 1.29 is 31.1 Å². The number of anilines is 1. The summed E-state index contributed by atoms with van der Waals surface area (Å²) in [5.41, 5.74) is -0.855. The molecule has 1 saturated heterocycles. The summed E-state index contributed by atoms with van der Waals surface area (Å²) in [6, 6.07) is 16.4. The van der Waals surface area contributed by atoms with E-state index in [1.54, 1.807) is 6.07 Å². The smallest absolute Gasteiger partial charge is 0.416 e. The molecule has 0 radical (unpaired) electrons. The maximum atomic E-state index is 13.4. The van der Waals surface area contributed by atoms with Crippen LogP contribution < -0.4 is 9.64 Å². The van der Waals surface area contributed by atoms with Crippen molar-refractivity contribution in [1.29, 1.82) is 0 Å². The molecule has 0 spiro atoms. The number of benzene rings is 3. The van der Waals surface area contributed by atoms with E-state index in [1.807, 2.05) is 42.5 Å². The van der Waals surface area contributed by atoms with Crippen LogP contribution in [0.4, 0.5) is 32.0 Å². The Morgan fingerprint density at radius 3 is 1.97 bits per heavy atom. The molecule has 1 unspecified atom stereocenters. The quantitative estimate of drug-likeness (QED) is 0.275. The third-order valence-electron chi connectivity index (χ3n) is 6.80. The minimum absolute atomic E-state index is 0.0123. The summed E-state index contributed by atoms with van der Waals surface area (Å²) in [6.07, 6.45) is -9.42. The highest BCUT2D eigenvalue weighted by Gasteiger charge is 2.37. The summed E-state index contributed by atoms with van der Waals surface area (Å²) in [7, 11) is 1.54. The number of rotatable bonds is 7. The molecule has 0 N–H and O–H groups in total. The monoisotopic (exact) mass is 556 g/mol. The number of piperazine rings is 1. The summed E-state index contributed by atoms with van der Waals surface area (Å²) in [5, 5.41) is 0.646. The second-order valence-electron chi connectivity index (χ2n) is 9.18. The third-order valence-corrected chi connectivity index (χ3v) is 7.12. The molecule has 3 aromatic rings. The molecule has 1 fully saturated rings. The average Bonchev–Trinajstić information content (AvgIpc) is 2.88. The molecule has 1 aliphatic rings. The van der Waals surface area contributed by atoms with Crippen LogP contribution >= 0.6 is 11.6 Å². The van der Waals surface area contributed by atoms with Gasteiger partial charge in [0.25, 0.3) is 0 Å². The molecule has 0 saturated carbocycles. The Hall–Kier alpha value is -2.91. The van der Waals surface area contributed by atoms with E-state index in [1.165, 1.54) is 7.11 Å². The van der Waals surface area contributed by atoms with Crippen molar-refractivity contribution in [3.8, 4) is 5.75 Å². The molecule has 0 amide bonds. The highest BCUT2D eigenvalue weighted by atomic mass is 35.5. The van der Waals surface area contributed by atoms with Gasteiger partial charge in [-0.25, -0.2) is 0 Å². The molecule has 0 aliphatic carbocycles. The van der Waals surface area contributed by atoms with Crippen LogP contribution in [0, 0.1) is 0 Å². The Labute approximate surface area is 222 Å². The second-order valence-corrected chi connectivity index (χ2v) is 9.59.